The summed E-state index contributed by atoms with van der Waals surface area (Å²) in [5, 5.41) is 0.982. The zero-order valence-corrected chi connectivity index (χ0v) is 9.95. The summed E-state index contributed by atoms with van der Waals surface area (Å²) in [5.74, 6) is -0.463. The predicted octanol–water partition coefficient (Wildman–Crippen LogP) is 2.58. The van der Waals surface area contributed by atoms with Crippen LogP contribution in [0.25, 0.3) is 11.0 Å². The maximum Gasteiger partial charge on any atom is 0.357 e. The minimum Gasteiger partial charge on any atom is -0.464 e. The summed E-state index contributed by atoms with van der Waals surface area (Å²) in [6.45, 7) is 0.198. The molecule has 19 heavy (non-hydrogen) atoms. The lowest BCUT2D eigenvalue weighted by Gasteiger charge is -2.04. The van der Waals surface area contributed by atoms with Gasteiger partial charge in [0, 0.05) is 11.6 Å². The smallest absolute Gasteiger partial charge is 0.357 e. The summed E-state index contributed by atoms with van der Waals surface area (Å²) in [6.07, 6.45) is 4.44. The van der Waals surface area contributed by atoms with Crippen molar-refractivity contribution in [3.05, 3.63) is 60.4 Å². The molecule has 5 heteroatoms. The third-order valence-electron chi connectivity index (χ3n) is 2.68. The lowest BCUT2D eigenvalue weighted by molar-refractivity contribution is 0.0465. The quantitative estimate of drug-likeness (QED) is 0.672. The van der Waals surface area contributed by atoms with Crippen LogP contribution in [-0.4, -0.2) is 15.9 Å². The van der Waals surface area contributed by atoms with Gasteiger partial charge in [0.1, 0.15) is 18.5 Å². The lowest BCUT2D eigenvalue weighted by atomic mass is 10.2. The number of nitrogens with zero attached hydrogens (tertiary/aromatic N) is 2. The van der Waals surface area contributed by atoms with Gasteiger partial charge in [-0.05, 0) is 29.8 Å². The van der Waals surface area contributed by atoms with Crippen molar-refractivity contribution in [1.29, 1.82) is 0 Å². The Labute approximate surface area is 108 Å². The molecule has 0 atom stereocenters. The first kappa shape index (κ1) is 11.4. The highest BCUT2D eigenvalue weighted by Crippen LogP contribution is 2.17. The normalized spacial score (nSPS) is 10.5. The molecule has 0 aliphatic carbocycles. The Bertz CT molecular complexity index is 707. The monoisotopic (exact) mass is 254 g/mol. The number of benzene rings is 1. The van der Waals surface area contributed by atoms with Gasteiger partial charge in [0.25, 0.3) is 0 Å². The van der Waals surface area contributed by atoms with E-state index in [0.29, 0.717) is 0 Å². The summed E-state index contributed by atoms with van der Waals surface area (Å²) in [7, 11) is 0. The maximum absolute atomic E-state index is 11.7. The predicted molar refractivity (Wildman–Crippen MR) is 67.4 cm³/mol. The molecule has 3 rings (SSSR count). The van der Waals surface area contributed by atoms with Crippen LogP contribution in [0.1, 0.15) is 16.1 Å². The zero-order chi connectivity index (χ0) is 13.1. The highest BCUT2D eigenvalue weighted by molar-refractivity contribution is 5.87. The average molecular weight is 254 g/mol. The number of rotatable bonds is 3. The van der Waals surface area contributed by atoms with E-state index in [1.54, 1.807) is 6.26 Å². The van der Waals surface area contributed by atoms with Crippen molar-refractivity contribution in [3.8, 4) is 0 Å². The molecule has 0 aliphatic heterocycles. The van der Waals surface area contributed by atoms with Gasteiger partial charge in [0.15, 0.2) is 5.69 Å². The van der Waals surface area contributed by atoms with E-state index in [-0.39, 0.29) is 12.3 Å². The molecule has 2 aromatic heterocycles. The number of ether oxygens (including phenoxy) is 1. The largest absolute Gasteiger partial charge is 0.464 e. The molecule has 94 valence electrons. The van der Waals surface area contributed by atoms with E-state index in [1.165, 1.54) is 18.6 Å². The number of furan rings is 1. The molecule has 0 spiro atoms. The van der Waals surface area contributed by atoms with Crippen LogP contribution in [0.5, 0.6) is 0 Å². The molecule has 0 radical (unpaired) electrons. The Morgan fingerprint density at radius 3 is 3.05 bits per heavy atom. The number of hydrogen-bond acceptors (Lipinski definition) is 5. The molecule has 1 aromatic carbocycles. The Hall–Kier alpha value is -2.69. The second-order valence-electron chi connectivity index (χ2n) is 3.96. The molecule has 0 N–H and O–H groups in total. The van der Waals surface area contributed by atoms with Gasteiger partial charge < -0.3 is 9.15 Å². The lowest BCUT2D eigenvalue weighted by Crippen LogP contribution is -2.07. The molecule has 0 saturated heterocycles. The third-order valence-corrected chi connectivity index (χ3v) is 2.68. The third kappa shape index (κ3) is 2.44. The van der Waals surface area contributed by atoms with Gasteiger partial charge in [-0.3, -0.25) is 0 Å². The van der Waals surface area contributed by atoms with Gasteiger partial charge in [-0.1, -0.05) is 6.07 Å². The van der Waals surface area contributed by atoms with Gasteiger partial charge in [0.05, 0.1) is 6.26 Å². The molecular weight excluding hydrogens is 244 g/mol. The summed E-state index contributed by atoms with van der Waals surface area (Å²) in [5.41, 5.74) is 1.96. The van der Waals surface area contributed by atoms with Gasteiger partial charge in [-0.25, -0.2) is 14.8 Å². The van der Waals surface area contributed by atoms with Crippen LogP contribution in [0.4, 0.5) is 0 Å². The average Bonchev–Trinajstić information content (AvgIpc) is 2.93. The molecule has 2 heterocycles. The van der Waals surface area contributed by atoms with Crippen molar-refractivity contribution in [2.24, 2.45) is 0 Å². The van der Waals surface area contributed by atoms with Crippen molar-refractivity contribution >= 4 is 16.9 Å². The minimum atomic E-state index is -0.463. The summed E-state index contributed by atoms with van der Waals surface area (Å²) in [6, 6.07) is 9.01. The zero-order valence-electron chi connectivity index (χ0n) is 9.95. The summed E-state index contributed by atoms with van der Waals surface area (Å²) in [4.78, 5) is 19.3. The fourth-order valence-corrected chi connectivity index (χ4v) is 1.74. The second-order valence-corrected chi connectivity index (χ2v) is 3.96. The van der Waals surface area contributed by atoms with E-state index in [4.69, 9.17) is 9.15 Å². The van der Waals surface area contributed by atoms with Crippen LogP contribution in [0.2, 0.25) is 0 Å². The summed E-state index contributed by atoms with van der Waals surface area (Å²) >= 11 is 0. The first-order valence-electron chi connectivity index (χ1n) is 5.72. The van der Waals surface area contributed by atoms with Crippen molar-refractivity contribution in [3.63, 3.8) is 0 Å². The van der Waals surface area contributed by atoms with Crippen molar-refractivity contribution in [2.45, 2.75) is 6.61 Å². The highest BCUT2D eigenvalue weighted by atomic mass is 16.5. The van der Waals surface area contributed by atoms with Gasteiger partial charge in [-0.15, -0.1) is 0 Å². The van der Waals surface area contributed by atoms with Crippen LogP contribution in [-0.2, 0) is 11.3 Å². The number of hydrogen-bond donors (Lipinski definition) is 0. The van der Waals surface area contributed by atoms with Crippen LogP contribution >= 0.6 is 0 Å². The number of aromatic nitrogens is 2. The minimum absolute atomic E-state index is 0.198. The van der Waals surface area contributed by atoms with Gasteiger partial charge >= 0.3 is 5.97 Å². The van der Waals surface area contributed by atoms with E-state index in [1.807, 2.05) is 24.3 Å². The SMILES string of the molecule is O=C(OCc1ccc2occc2c1)c1ccncn1. The number of fused-ring (bicyclic) bond motifs is 1. The van der Waals surface area contributed by atoms with Crippen LogP contribution in [0.15, 0.2) is 53.5 Å². The molecule has 0 saturated carbocycles. The highest BCUT2D eigenvalue weighted by Gasteiger charge is 2.08. The standard InChI is InChI=1S/C14H10N2O3/c17-14(12-3-5-15-9-16-12)19-8-10-1-2-13-11(7-10)4-6-18-13/h1-7,9H,8H2. The number of esters is 1. The van der Waals surface area contributed by atoms with Crippen LogP contribution < -0.4 is 0 Å². The van der Waals surface area contributed by atoms with Crippen LogP contribution in [0, 0.1) is 0 Å². The Morgan fingerprint density at radius 2 is 2.21 bits per heavy atom. The molecule has 0 amide bonds. The van der Waals surface area contributed by atoms with E-state index >= 15 is 0 Å². The fourth-order valence-electron chi connectivity index (χ4n) is 1.74. The van der Waals surface area contributed by atoms with Gasteiger partial charge in [-0.2, -0.15) is 0 Å². The van der Waals surface area contributed by atoms with E-state index in [2.05, 4.69) is 9.97 Å². The maximum atomic E-state index is 11.7. The van der Waals surface area contributed by atoms with Gasteiger partial charge in [0.2, 0.25) is 0 Å². The first-order chi connectivity index (χ1) is 9.33. The first-order valence-corrected chi connectivity index (χ1v) is 5.72. The topological polar surface area (TPSA) is 65.2 Å². The molecule has 5 nitrogen and oxygen atoms in total. The Kier molecular flexibility index (Phi) is 2.94. The van der Waals surface area contributed by atoms with Crippen molar-refractivity contribution in [1.82, 2.24) is 9.97 Å². The molecule has 0 aliphatic rings. The fraction of sp³-hybridized carbons (Fsp3) is 0.0714. The molecule has 0 fully saturated rings. The Balaban J connectivity index is 1.70. The second kappa shape index (κ2) is 4.89. The van der Waals surface area contributed by atoms with Crippen molar-refractivity contribution < 1.29 is 13.9 Å². The van der Waals surface area contributed by atoms with E-state index < -0.39 is 5.97 Å². The van der Waals surface area contributed by atoms with Crippen LogP contribution in [0.3, 0.4) is 0 Å². The number of carbonyl (C=O) groups is 1. The van der Waals surface area contributed by atoms with E-state index in [0.717, 1.165) is 16.5 Å². The molecular formula is C14H10N2O3. The molecule has 3 aromatic rings. The Morgan fingerprint density at radius 1 is 1.26 bits per heavy atom. The number of carbonyl (C=O) groups excluding carboxylic acids is 1. The summed E-state index contributed by atoms with van der Waals surface area (Å²) < 4.78 is 10.4. The molecule has 0 unspecified atom stereocenters. The molecule has 0 bridgehead atoms. The van der Waals surface area contributed by atoms with E-state index in [9.17, 15) is 4.79 Å². The van der Waals surface area contributed by atoms with Crippen molar-refractivity contribution in [2.75, 3.05) is 0 Å².